The van der Waals surface area contributed by atoms with E-state index >= 15 is 0 Å². The first-order valence-electron chi connectivity index (χ1n) is 8.59. The largest absolute Gasteiger partial charge is 0.493 e. The number of ether oxygens (including phenoxy) is 2. The summed E-state index contributed by atoms with van der Waals surface area (Å²) in [5.74, 6) is 1.43. The highest BCUT2D eigenvalue weighted by atomic mass is 16.5. The molecule has 0 radical (unpaired) electrons. The van der Waals surface area contributed by atoms with Gasteiger partial charge in [-0.3, -0.25) is 4.79 Å². The van der Waals surface area contributed by atoms with Crippen LogP contribution < -0.4 is 14.8 Å². The lowest BCUT2D eigenvalue weighted by Crippen LogP contribution is -2.11. The van der Waals surface area contributed by atoms with Crippen LogP contribution in [0.15, 0.2) is 48.5 Å². The van der Waals surface area contributed by atoms with Crippen LogP contribution in [0.2, 0.25) is 0 Å². The van der Waals surface area contributed by atoms with E-state index in [2.05, 4.69) is 38.2 Å². The highest BCUT2D eigenvalue weighted by molar-refractivity contribution is 5.90. The van der Waals surface area contributed by atoms with Crippen molar-refractivity contribution in [2.45, 2.75) is 39.5 Å². The third-order valence-corrected chi connectivity index (χ3v) is 3.73. The van der Waals surface area contributed by atoms with Crippen molar-refractivity contribution >= 4 is 11.6 Å². The van der Waals surface area contributed by atoms with Crippen LogP contribution in [0.3, 0.4) is 0 Å². The van der Waals surface area contributed by atoms with Gasteiger partial charge >= 0.3 is 0 Å². The van der Waals surface area contributed by atoms with Crippen LogP contribution in [0.25, 0.3) is 0 Å². The zero-order valence-corrected chi connectivity index (χ0v) is 15.5. The van der Waals surface area contributed by atoms with E-state index in [4.69, 9.17) is 9.47 Å². The number of nitrogens with one attached hydrogen (secondary N) is 1. The molecule has 0 saturated heterocycles. The van der Waals surface area contributed by atoms with Crippen molar-refractivity contribution < 1.29 is 14.3 Å². The van der Waals surface area contributed by atoms with E-state index in [0.717, 1.165) is 12.2 Å². The number of hydrogen-bond donors (Lipinski definition) is 1. The summed E-state index contributed by atoms with van der Waals surface area (Å²) in [6.07, 6.45) is 0.759. The van der Waals surface area contributed by atoms with Crippen molar-refractivity contribution in [3.8, 4) is 11.5 Å². The normalized spacial score (nSPS) is 11.0. The summed E-state index contributed by atoms with van der Waals surface area (Å²) in [5.41, 5.74) is 2.12. The Kier molecular flexibility index (Phi) is 6.45. The maximum atomic E-state index is 11.2. The molecule has 4 heteroatoms. The molecule has 2 aromatic rings. The first-order chi connectivity index (χ1) is 11.9. The summed E-state index contributed by atoms with van der Waals surface area (Å²) < 4.78 is 11.5. The van der Waals surface area contributed by atoms with Crippen molar-refractivity contribution in [2.24, 2.45) is 0 Å². The molecule has 1 amide bonds. The molecule has 2 aromatic carbocycles. The number of benzene rings is 2. The molecule has 0 aliphatic carbocycles. The van der Waals surface area contributed by atoms with E-state index in [0.29, 0.717) is 24.7 Å². The van der Waals surface area contributed by atoms with Gasteiger partial charge in [-0.25, -0.2) is 0 Å². The number of carbonyl (C=O) groups is 1. The van der Waals surface area contributed by atoms with E-state index in [1.54, 1.807) is 0 Å². The smallest absolute Gasteiger partial charge is 0.221 e. The van der Waals surface area contributed by atoms with Crippen LogP contribution in [0.5, 0.6) is 11.5 Å². The minimum atomic E-state index is -0.113. The SMILES string of the molecule is CC(=O)Nc1ccccc1OCCCOc1ccc(C(C)(C)C)cc1. The van der Waals surface area contributed by atoms with Gasteiger partial charge in [0.05, 0.1) is 18.9 Å². The Bertz CT molecular complexity index is 687. The Balaban J connectivity index is 1.76. The standard InChI is InChI=1S/C21H27NO3/c1-16(23)22-19-8-5-6-9-20(19)25-15-7-14-24-18-12-10-17(11-13-18)21(2,3)4/h5-6,8-13H,7,14-15H2,1-4H3,(H,22,23). The van der Waals surface area contributed by atoms with Crippen LogP contribution >= 0.6 is 0 Å². The molecule has 0 spiro atoms. The number of anilines is 1. The number of rotatable bonds is 7. The molecule has 0 unspecified atom stereocenters. The number of carbonyl (C=O) groups excluding carboxylic acids is 1. The minimum Gasteiger partial charge on any atom is -0.493 e. The molecular weight excluding hydrogens is 314 g/mol. The molecule has 0 heterocycles. The Morgan fingerprint density at radius 1 is 0.960 bits per heavy atom. The van der Waals surface area contributed by atoms with Crippen LogP contribution in [0.1, 0.15) is 39.7 Å². The van der Waals surface area contributed by atoms with E-state index in [-0.39, 0.29) is 11.3 Å². The van der Waals surface area contributed by atoms with E-state index in [9.17, 15) is 4.79 Å². The Morgan fingerprint density at radius 3 is 2.24 bits per heavy atom. The van der Waals surface area contributed by atoms with Gasteiger partial charge in [-0.1, -0.05) is 45.0 Å². The zero-order chi connectivity index (χ0) is 18.3. The summed E-state index contributed by atoms with van der Waals surface area (Å²) in [4.78, 5) is 11.2. The lowest BCUT2D eigenvalue weighted by Gasteiger charge is -2.19. The van der Waals surface area contributed by atoms with Gasteiger partial charge in [0.25, 0.3) is 0 Å². The molecule has 4 nitrogen and oxygen atoms in total. The van der Waals surface area contributed by atoms with Crippen LogP contribution in [-0.4, -0.2) is 19.1 Å². The second-order valence-corrected chi connectivity index (χ2v) is 7.00. The molecule has 2 rings (SSSR count). The predicted molar refractivity (Wildman–Crippen MR) is 101 cm³/mol. The van der Waals surface area contributed by atoms with Gasteiger partial charge in [-0.15, -0.1) is 0 Å². The van der Waals surface area contributed by atoms with Crippen molar-refractivity contribution in [1.82, 2.24) is 0 Å². The highest BCUT2D eigenvalue weighted by Crippen LogP contribution is 2.25. The Morgan fingerprint density at radius 2 is 1.60 bits per heavy atom. The van der Waals surface area contributed by atoms with E-state index < -0.39 is 0 Å². The lowest BCUT2D eigenvalue weighted by atomic mass is 9.87. The van der Waals surface area contributed by atoms with Gasteiger partial charge < -0.3 is 14.8 Å². The number of para-hydroxylation sites is 2. The topological polar surface area (TPSA) is 47.6 Å². The first kappa shape index (κ1) is 18.8. The van der Waals surface area contributed by atoms with Gasteiger partial charge in [0.15, 0.2) is 0 Å². The second kappa shape index (κ2) is 8.56. The summed E-state index contributed by atoms with van der Waals surface area (Å²) in [5, 5.41) is 2.76. The summed E-state index contributed by atoms with van der Waals surface area (Å²) in [6, 6.07) is 15.6. The fraction of sp³-hybridized carbons (Fsp3) is 0.381. The van der Waals surface area contributed by atoms with E-state index in [1.165, 1.54) is 12.5 Å². The maximum absolute atomic E-state index is 11.2. The summed E-state index contributed by atoms with van der Waals surface area (Å²) >= 11 is 0. The van der Waals surface area contributed by atoms with Gasteiger partial charge in [0, 0.05) is 13.3 Å². The monoisotopic (exact) mass is 341 g/mol. The predicted octanol–water partition coefficient (Wildman–Crippen LogP) is 4.79. The highest BCUT2D eigenvalue weighted by Gasteiger charge is 2.12. The molecule has 0 aromatic heterocycles. The van der Waals surface area contributed by atoms with Crippen molar-refractivity contribution in [1.29, 1.82) is 0 Å². The third-order valence-electron chi connectivity index (χ3n) is 3.73. The molecule has 134 valence electrons. The Hall–Kier alpha value is -2.49. The fourth-order valence-electron chi connectivity index (χ4n) is 2.37. The molecule has 0 atom stereocenters. The molecule has 0 bridgehead atoms. The molecular formula is C21H27NO3. The Labute approximate surface area is 150 Å². The number of hydrogen-bond acceptors (Lipinski definition) is 3. The fourth-order valence-corrected chi connectivity index (χ4v) is 2.37. The lowest BCUT2D eigenvalue weighted by molar-refractivity contribution is -0.114. The van der Waals surface area contributed by atoms with E-state index in [1.807, 2.05) is 36.4 Å². The zero-order valence-electron chi connectivity index (χ0n) is 15.5. The first-order valence-corrected chi connectivity index (χ1v) is 8.59. The molecule has 1 N–H and O–H groups in total. The van der Waals surface area contributed by atoms with Gasteiger partial charge in [0.2, 0.25) is 5.91 Å². The molecule has 0 aliphatic heterocycles. The van der Waals surface area contributed by atoms with Crippen LogP contribution in [0, 0.1) is 0 Å². The second-order valence-electron chi connectivity index (χ2n) is 7.00. The summed E-state index contributed by atoms with van der Waals surface area (Å²) in [6.45, 7) is 9.17. The average Bonchev–Trinajstić information content (AvgIpc) is 2.55. The van der Waals surface area contributed by atoms with Gasteiger partial charge in [-0.2, -0.15) is 0 Å². The van der Waals surface area contributed by atoms with Crippen LogP contribution in [0.4, 0.5) is 5.69 Å². The molecule has 0 aliphatic rings. The third kappa shape index (κ3) is 6.14. The van der Waals surface area contributed by atoms with Crippen LogP contribution in [-0.2, 0) is 10.2 Å². The molecule has 0 fully saturated rings. The molecule has 0 saturated carbocycles. The van der Waals surface area contributed by atoms with Crippen molar-refractivity contribution in [3.63, 3.8) is 0 Å². The van der Waals surface area contributed by atoms with Crippen molar-refractivity contribution in [2.75, 3.05) is 18.5 Å². The number of amides is 1. The summed E-state index contributed by atoms with van der Waals surface area (Å²) in [7, 11) is 0. The minimum absolute atomic E-state index is 0.113. The van der Waals surface area contributed by atoms with Crippen molar-refractivity contribution in [3.05, 3.63) is 54.1 Å². The quantitative estimate of drug-likeness (QED) is 0.737. The van der Waals surface area contributed by atoms with Gasteiger partial charge in [0.1, 0.15) is 11.5 Å². The maximum Gasteiger partial charge on any atom is 0.221 e. The average molecular weight is 341 g/mol. The van der Waals surface area contributed by atoms with Gasteiger partial charge in [-0.05, 0) is 35.2 Å². The molecule has 25 heavy (non-hydrogen) atoms.